The summed E-state index contributed by atoms with van der Waals surface area (Å²) in [5.74, 6) is 0.642. The Labute approximate surface area is 82.2 Å². The molecule has 0 fully saturated rings. The Bertz CT molecular complexity index is 230. The number of aromatic nitrogens is 1. The van der Waals surface area contributed by atoms with Gasteiger partial charge in [-0.2, -0.15) is 0 Å². The van der Waals surface area contributed by atoms with Gasteiger partial charge in [0.1, 0.15) is 0 Å². The molecule has 0 saturated carbocycles. The van der Waals surface area contributed by atoms with Crippen molar-refractivity contribution in [3.8, 4) is 0 Å². The molecule has 0 spiro atoms. The van der Waals surface area contributed by atoms with Crippen LogP contribution in [0.5, 0.6) is 0 Å². The fourth-order valence-corrected chi connectivity index (χ4v) is 1.21. The molecule has 1 aromatic heterocycles. The molecule has 0 radical (unpaired) electrons. The van der Waals surface area contributed by atoms with Gasteiger partial charge < -0.3 is 0 Å². The summed E-state index contributed by atoms with van der Waals surface area (Å²) in [6.45, 7) is 10.6. The van der Waals surface area contributed by atoms with Crippen LogP contribution in [0.3, 0.4) is 0 Å². The van der Waals surface area contributed by atoms with Crippen LogP contribution in [-0.4, -0.2) is 4.98 Å². The molecule has 1 aromatic rings. The average Bonchev–Trinajstić information content (AvgIpc) is 2.20. The highest BCUT2D eigenvalue weighted by atomic mass is 14.6. The minimum atomic E-state index is 0.642. The van der Waals surface area contributed by atoms with E-state index in [9.17, 15) is 0 Å². The van der Waals surface area contributed by atoms with Crippen molar-refractivity contribution in [1.82, 2.24) is 4.98 Å². The fourth-order valence-electron chi connectivity index (χ4n) is 1.21. The normalized spacial score (nSPS) is 11.5. The number of nitrogens with zero attached hydrogens (tertiary/aromatic N) is 1. The van der Waals surface area contributed by atoms with Crippen molar-refractivity contribution in [1.29, 1.82) is 0 Å². The zero-order chi connectivity index (χ0) is 10.3. The van der Waals surface area contributed by atoms with Gasteiger partial charge in [-0.05, 0) is 36.5 Å². The van der Waals surface area contributed by atoms with Gasteiger partial charge in [-0.25, -0.2) is 0 Å². The molecule has 0 saturated heterocycles. The number of rotatable bonds is 2. The lowest BCUT2D eigenvalue weighted by atomic mass is 9.97. The first-order valence-corrected chi connectivity index (χ1v) is 5.16. The molecule has 0 amide bonds. The molecular weight excluding hydrogens is 158 g/mol. The summed E-state index contributed by atoms with van der Waals surface area (Å²) in [6.07, 6.45) is 5.01. The van der Waals surface area contributed by atoms with Crippen LogP contribution in [0.4, 0.5) is 0 Å². The molecule has 1 heteroatoms. The van der Waals surface area contributed by atoms with E-state index in [1.807, 2.05) is 26.2 Å². The van der Waals surface area contributed by atoms with Crippen molar-refractivity contribution < 1.29 is 0 Å². The first kappa shape index (κ1) is 12.2. The first-order chi connectivity index (χ1) is 6.25. The zero-order valence-corrected chi connectivity index (χ0v) is 9.46. The monoisotopic (exact) mass is 179 g/mol. The minimum absolute atomic E-state index is 0.642. The summed E-state index contributed by atoms with van der Waals surface area (Å²) < 4.78 is 0. The fraction of sp³-hybridized carbons (Fsp3) is 0.583. The van der Waals surface area contributed by atoms with E-state index in [1.54, 1.807) is 0 Å². The van der Waals surface area contributed by atoms with Crippen molar-refractivity contribution in [2.24, 2.45) is 0 Å². The van der Waals surface area contributed by atoms with Crippen LogP contribution < -0.4 is 0 Å². The van der Waals surface area contributed by atoms with Crippen LogP contribution in [0, 0.1) is 6.92 Å². The molecule has 1 heterocycles. The number of hydrogen-bond donors (Lipinski definition) is 0. The SMILES string of the molecule is CC.CCC(C)c1cnccc1C. The number of pyridine rings is 1. The van der Waals surface area contributed by atoms with Gasteiger partial charge in [0.2, 0.25) is 0 Å². The Morgan fingerprint density at radius 2 is 2.00 bits per heavy atom. The van der Waals surface area contributed by atoms with E-state index in [4.69, 9.17) is 0 Å². The van der Waals surface area contributed by atoms with Crippen LogP contribution in [-0.2, 0) is 0 Å². The molecule has 0 N–H and O–H groups in total. The predicted octanol–water partition coefficient (Wildman–Crippen LogP) is 3.93. The molecule has 1 rings (SSSR count). The van der Waals surface area contributed by atoms with Gasteiger partial charge in [0.15, 0.2) is 0 Å². The molecule has 1 atom stereocenters. The zero-order valence-electron chi connectivity index (χ0n) is 9.46. The van der Waals surface area contributed by atoms with E-state index in [-0.39, 0.29) is 0 Å². The Morgan fingerprint density at radius 1 is 1.38 bits per heavy atom. The molecule has 1 nitrogen and oxygen atoms in total. The molecule has 0 aromatic carbocycles. The van der Waals surface area contributed by atoms with E-state index in [1.165, 1.54) is 17.5 Å². The van der Waals surface area contributed by atoms with Gasteiger partial charge in [0, 0.05) is 12.4 Å². The maximum Gasteiger partial charge on any atom is 0.0305 e. The largest absolute Gasteiger partial charge is 0.264 e. The third-order valence-electron chi connectivity index (χ3n) is 2.22. The first-order valence-electron chi connectivity index (χ1n) is 5.16. The van der Waals surface area contributed by atoms with Crippen LogP contribution in [0.15, 0.2) is 18.5 Å². The number of hydrogen-bond acceptors (Lipinski definition) is 1. The molecule has 0 aliphatic carbocycles. The van der Waals surface area contributed by atoms with Gasteiger partial charge in [0.05, 0.1) is 0 Å². The van der Waals surface area contributed by atoms with Crippen molar-refractivity contribution in [3.05, 3.63) is 29.6 Å². The van der Waals surface area contributed by atoms with Gasteiger partial charge in [0.25, 0.3) is 0 Å². The lowest BCUT2D eigenvalue weighted by molar-refractivity contribution is 0.724. The Balaban J connectivity index is 0.000000671. The minimum Gasteiger partial charge on any atom is -0.264 e. The Kier molecular flexibility index (Phi) is 6.21. The summed E-state index contributed by atoms with van der Waals surface area (Å²) in [5, 5.41) is 0. The standard InChI is InChI=1S/C10H15N.C2H6/c1-4-8(2)10-7-11-6-5-9(10)3;1-2/h5-8H,4H2,1-3H3;1-2H3. The maximum absolute atomic E-state index is 4.11. The highest BCUT2D eigenvalue weighted by molar-refractivity contribution is 5.24. The van der Waals surface area contributed by atoms with Crippen molar-refractivity contribution in [2.75, 3.05) is 0 Å². The second-order valence-corrected chi connectivity index (χ2v) is 3.04. The highest BCUT2D eigenvalue weighted by Crippen LogP contribution is 2.20. The van der Waals surface area contributed by atoms with Crippen LogP contribution in [0.1, 0.15) is 51.2 Å². The third-order valence-corrected chi connectivity index (χ3v) is 2.22. The van der Waals surface area contributed by atoms with E-state index < -0.39 is 0 Å². The van der Waals surface area contributed by atoms with Gasteiger partial charge in [-0.15, -0.1) is 0 Å². The van der Waals surface area contributed by atoms with E-state index in [0.29, 0.717) is 5.92 Å². The highest BCUT2D eigenvalue weighted by Gasteiger charge is 2.04. The van der Waals surface area contributed by atoms with E-state index >= 15 is 0 Å². The quantitative estimate of drug-likeness (QED) is 0.670. The average molecular weight is 179 g/mol. The van der Waals surface area contributed by atoms with Crippen LogP contribution in [0.25, 0.3) is 0 Å². The Hall–Kier alpha value is -0.850. The molecule has 1 unspecified atom stereocenters. The second-order valence-electron chi connectivity index (χ2n) is 3.04. The molecule has 13 heavy (non-hydrogen) atoms. The van der Waals surface area contributed by atoms with Gasteiger partial charge in [-0.3, -0.25) is 4.98 Å². The summed E-state index contributed by atoms with van der Waals surface area (Å²) in [4.78, 5) is 4.11. The van der Waals surface area contributed by atoms with Gasteiger partial charge >= 0.3 is 0 Å². The molecule has 0 bridgehead atoms. The van der Waals surface area contributed by atoms with Gasteiger partial charge in [-0.1, -0.05) is 27.7 Å². The Morgan fingerprint density at radius 3 is 2.46 bits per heavy atom. The molecule has 0 aliphatic rings. The summed E-state index contributed by atoms with van der Waals surface area (Å²) in [7, 11) is 0. The molecule has 74 valence electrons. The summed E-state index contributed by atoms with van der Waals surface area (Å²) in [5.41, 5.74) is 2.74. The van der Waals surface area contributed by atoms with Crippen LogP contribution in [0.2, 0.25) is 0 Å². The lowest BCUT2D eigenvalue weighted by Crippen LogP contribution is -1.95. The maximum atomic E-state index is 4.11. The smallest absolute Gasteiger partial charge is 0.0305 e. The van der Waals surface area contributed by atoms with Crippen LogP contribution >= 0.6 is 0 Å². The third kappa shape index (κ3) is 3.58. The van der Waals surface area contributed by atoms with E-state index in [0.717, 1.165) is 0 Å². The van der Waals surface area contributed by atoms with Crippen molar-refractivity contribution in [3.63, 3.8) is 0 Å². The summed E-state index contributed by atoms with van der Waals surface area (Å²) in [6, 6.07) is 2.07. The topological polar surface area (TPSA) is 12.9 Å². The van der Waals surface area contributed by atoms with E-state index in [2.05, 4.69) is 31.8 Å². The van der Waals surface area contributed by atoms with Crippen molar-refractivity contribution >= 4 is 0 Å². The molecule has 0 aliphatic heterocycles. The second kappa shape index (κ2) is 6.64. The predicted molar refractivity (Wildman–Crippen MR) is 59.0 cm³/mol. The molecular formula is C12H21N. The summed E-state index contributed by atoms with van der Waals surface area (Å²) >= 11 is 0. The van der Waals surface area contributed by atoms with Crippen molar-refractivity contribution in [2.45, 2.75) is 47.0 Å². The lowest BCUT2D eigenvalue weighted by Gasteiger charge is -2.10. The number of aryl methyl sites for hydroxylation is 1.